The summed E-state index contributed by atoms with van der Waals surface area (Å²) < 4.78 is 0.606. The zero-order chi connectivity index (χ0) is 13.4. The number of carbonyl (C=O) groups is 2. The Morgan fingerprint density at radius 3 is 2.83 bits per heavy atom. The molecule has 6 nitrogen and oxygen atoms in total. The second-order valence-corrected chi connectivity index (χ2v) is 6.55. The van der Waals surface area contributed by atoms with Crippen LogP contribution in [0.4, 0.5) is 0 Å². The van der Waals surface area contributed by atoms with Gasteiger partial charge in [0.15, 0.2) is 5.70 Å². The highest BCUT2D eigenvalue weighted by molar-refractivity contribution is 8.22. The third-order valence-electron chi connectivity index (χ3n) is 2.82. The van der Waals surface area contributed by atoms with Crippen LogP contribution in [0.3, 0.4) is 0 Å². The Hall–Kier alpha value is -0.700. The molecule has 1 fully saturated rings. The lowest BCUT2D eigenvalue weighted by Crippen LogP contribution is -2.60. The summed E-state index contributed by atoms with van der Waals surface area (Å²) in [6.07, 6.45) is -0.764. The minimum Gasteiger partial charge on any atom is -0.477 e. The second-order valence-electron chi connectivity index (χ2n) is 4.06. The number of aliphatic hydroxyl groups is 1. The molecule has 0 bridgehead atoms. The summed E-state index contributed by atoms with van der Waals surface area (Å²) in [7, 11) is 0. The van der Waals surface area contributed by atoms with Crippen molar-refractivity contribution in [3.8, 4) is 0 Å². The van der Waals surface area contributed by atoms with Crippen molar-refractivity contribution < 1.29 is 19.8 Å². The van der Waals surface area contributed by atoms with Crippen LogP contribution in [0.2, 0.25) is 0 Å². The Labute approximate surface area is 113 Å². The van der Waals surface area contributed by atoms with Crippen LogP contribution in [-0.2, 0) is 9.59 Å². The predicted octanol–water partition coefficient (Wildman–Crippen LogP) is -0.156. The number of rotatable bonds is 5. The summed E-state index contributed by atoms with van der Waals surface area (Å²) in [5, 5.41) is 18.4. The average Bonchev–Trinajstić information content (AvgIpc) is 2.60. The molecule has 4 N–H and O–H groups in total. The summed E-state index contributed by atoms with van der Waals surface area (Å²) in [6, 6.07) is 0. The van der Waals surface area contributed by atoms with E-state index in [1.807, 2.05) is 0 Å². The van der Waals surface area contributed by atoms with E-state index in [9.17, 15) is 19.8 Å². The quantitative estimate of drug-likeness (QED) is 0.605. The fourth-order valence-electron chi connectivity index (χ4n) is 2.00. The first kappa shape index (κ1) is 13.7. The highest BCUT2D eigenvalue weighted by atomic mass is 32.2. The number of nitrogens with two attached hydrogens (primary N) is 1. The largest absolute Gasteiger partial charge is 0.477 e. The number of hydrogen-bond acceptors (Lipinski definition) is 6. The smallest absolute Gasteiger partial charge is 0.354 e. The second kappa shape index (κ2) is 5.12. The van der Waals surface area contributed by atoms with Crippen LogP contribution in [0.25, 0.3) is 0 Å². The molecule has 0 aromatic heterocycles. The zero-order valence-electron chi connectivity index (χ0n) is 9.70. The molecular formula is C10H14N2O4S2. The predicted molar refractivity (Wildman–Crippen MR) is 69.6 cm³/mol. The fraction of sp³-hybridized carbons (Fsp3) is 0.600. The molecule has 3 atom stereocenters. The van der Waals surface area contributed by atoms with Crippen LogP contribution in [0, 0.1) is 5.92 Å². The van der Waals surface area contributed by atoms with Gasteiger partial charge >= 0.3 is 5.97 Å². The maximum absolute atomic E-state index is 11.8. The van der Waals surface area contributed by atoms with E-state index in [1.54, 1.807) is 6.92 Å². The van der Waals surface area contributed by atoms with E-state index in [1.165, 1.54) is 28.4 Å². The summed E-state index contributed by atoms with van der Waals surface area (Å²) in [5.41, 5.74) is 5.43. The minimum absolute atomic E-state index is 0.0327. The summed E-state index contributed by atoms with van der Waals surface area (Å²) in [6.45, 7) is 1.99. The molecule has 0 aromatic rings. The van der Waals surface area contributed by atoms with Crippen molar-refractivity contribution in [2.45, 2.75) is 18.4 Å². The number of fused-ring (bicyclic) bond motifs is 1. The summed E-state index contributed by atoms with van der Waals surface area (Å²) in [4.78, 5) is 24.3. The van der Waals surface area contributed by atoms with Gasteiger partial charge in [-0.2, -0.15) is 0 Å². The number of thioether (sulfide) groups is 2. The van der Waals surface area contributed by atoms with Crippen molar-refractivity contribution in [1.82, 2.24) is 4.90 Å². The van der Waals surface area contributed by atoms with Gasteiger partial charge in [0, 0.05) is 12.3 Å². The van der Waals surface area contributed by atoms with Crippen LogP contribution in [0.5, 0.6) is 0 Å². The molecule has 0 radical (unpaired) electrons. The molecule has 0 saturated carbocycles. The zero-order valence-corrected chi connectivity index (χ0v) is 11.3. The van der Waals surface area contributed by atoms with Gasteiger partial charge in [0.05, 0.1) is 16.3 Å². The first-order valence-electron chi connectivity index (χ1n) is 5.47. The third-order valence-corrected chi connectivity index (χ3v) is 5.51. The number of nitrogens with zero attached hydrogens (tertiary/aromatic N) is 1. The normalized spacial score (nSPS) is 28.2. The number of aliphatic hydroxyl groups excluding tert-OH is 1. The Morgan fingerprint density at radius 2 is 2.33 bits per heavy atom. The maximum Gasteiger partial charge on any atom is 0.354 e. The van der Waals surface area contributed by atoms with Crippen LogP contribution >= 0.6 is 23.5 Å². The van der Waals surface area contributed by atoms with Gasteiger partial charge < -0.3 is 15.9 Å². The van der Waals surface area contributed by atoms with Crippen molar-refractivity contribution in [1.29, 1.82) is 0 Å². The van der Waals surface area contributed by atoms with Gasteiger partial charge in [0.25, 0.3) is 0 Å². The lowest BCUT2D eigenvalue weighted by Gasteiger charge is -2.43. The fourth-order valence-corrected chi connectivity index (χ4v) is 4.77. The van der Waals surface area contributed by atoms with Crippen molar-refractivity contribution in [3.63, 3.8) is 0 Å². The first-order chi connectivity index (χ1) is 8.49. The Balaban J connectivity index is 2.21. The lowest BCUT2D eigenvalue weighted by molar-refractivity contribution is -0.156. The van der Waals surface area contributed by atoms with Gasteiger partial charge in [-0.1, -0.05) is 11.8 Å². The molecule has 0 aromatic carbocycles. The van der Waals surface area contributed by atoms with Gasteiger partial charge in [0.2, 0.25) is 5.91 Å². The SMILES string of the molecule is CC(O)[C@H]1C(=O)N2C(C(=O)O)=C(SCCN)SC12. The number of carbonyl (C=O) groups excluding carboxylic acids is 1. The van der Waals surface area contributed by atoms with Crippen LogP contribution < -0.4 is 5.73 Å². The molecule has 0 aliphatic carbocycles. The van der Waals surface area contributed by atoms with E-state index < -0.39 is 18.0 Å². The molecule has 2 rings (SSSR count). The molecule has 8 heteroatoms. The average molecular weight is 290 g/mol. The first-order valence-corrected chi connectivity index (χ1v) is 7.33. The Morgan fingerprint density at radius 1 is 1.67 bits per heavy atom. The summed E-state index contributed by atoms with van der Waals surface area (Å²) in [5.74, 6) is -1.33. The van der Waals surface area contributed by atoms with Crippen molar-refractivity contribution in [2.75, 3.05) is 12.3 Å². The highest BCUT2D eigenvalue weighted by Gasteiger charge is 2.57. The monoisotopic (exact) mass is 290 g/mol. The van der Waals surface area contributed by atoms with E-state index in [0.29, 0.717) is 16.5 Å². The highest BCUT2D eigenvalue weighted by Crippen LogP contribution is 2.53. The molecular weight excluding hydrogens is 276 g/mol. The maximum atomic E-state index is 11.8. The van der Waals surface area contributed by atoms with Gasteiger partial charge in [-0.05, 0) is 6.92 Å². The van der Waals surface area contributed by atoms with Gasteiger partial charge in [-0.15, -0.1) is 11.8 Å². The molecule has 1 saturated heterocycles. The van der Waals surface area contributed by atoms with E-state index in [0.717, 1.165) is 0 Å². The molecule has 2 heterocycles. The molecule has 2 aliphatic rings. The number of β-lactam (4-membered cyclic amide) rings is 1. The standard InChI is InChI=1S/C10H14N2O4S2/c1-4(13)5-7(14)12-6(9(15)16)10(17-3-2-11)18-8(5)12/h4-5,8,13H,2-3,11H2,1H3,(H,15,16)/t4?,5-,8?/m0/s1. The lowest BCUT2D eigenvalue weighted by atomic mass is 9.92. The van der Waals surface area contributed by atoms with E-state index in [2.05, 4.69) is 0 Å². The number of amides is 1. The molecule has 18 heavy (non-hydrogen) atoms. The minimum atomic E-state index is -1.11. The molecule has 2 aliphatic heterocycles. The number of hydrogen-bond donors (Lipinski definition) is 3. The number of carboxylic acids is 1. The van der Waals surface area contributed by atoms with E-state index >= 15 is 0 Å². The number of carboxylic acid groups (broad SMARTS) is 1. The van der Waals surface area contributed by atoms with Gasteiger partial charge in [-0.3, -0.25) is 9.69 Å². The molecule has 2 unspecified atom stereocenters. The van der Waals surface area contributed by atoms with Crippen molar-refractivity contribution in [3.05, 3.63) is 9.93 Å². The van der Waals surface area contributed by atoms with E-state index in [4.69, 9.17) is 5.73 Å². The van der Waals surface area contributed by atoms with E-state index in [-0.39, 0.29) is 17.0 Å². The Kier molecular flexibility index (Phi) is 3.90. The van der Waals surface area contributed by atoms with Crippen LogP contribution in [0.15, 0.2) is 9.93 Å². The third kappa shape index (κ3) is 2.03. The Bertz CT molecular complexity index is 424. The van der Waals surface area contributed by atoms with Gasteiger partial charge in [-0.25, -0.2) is 4.79 Å². The molecule has 1 amide bonds. The van der Waals surface area contributed by atoms with Crippen molar-refractivity contribution in [2.24, 2.45) is 11.7 Å². The van der Waals surface area contributed by atoms with Crippen LogP contribution in [-0.4, -0.2) is 50.8 Å². The topological polar surface area (TPSA) is 104 Å². The van der Waals surface area contributed by atoms with Crippen LogP contribution in [0.1, 0.15) is 6.92 Å². The molecule has 100 valence electrons. The summed E-state index contributed by atoms with van der Waals surface area (Å²) >= 11 is 2.67. The van der Waals surface area contributed by atoms with Gasteiger partial charge in [0.1, 0.15) is 5.37 Å². The number of aliphatic carboxylic acids is 1. The van der Waals surface area contributed by atoms with Crippen molar-refractivity contribution >= 4 is 35.4 Å². The molecule has 0 spiro atoms.